The summed E-state index contributed by atoms with van der Waals surface area (Å²) in [5.41, 5.74) is 10.00. The predicted octanol–water partition coefficient (Wildman–Crippen LogP) is 6.34. The largest absolute Gasteiger partial charge is 0.377 e. The Morgan fingerprint density at radius 2 is 1.98 bits per heavy atom. The lowest BCUT2D eigenvalue weighted by molar-refractivity contribution is 0.260. The summed E-state index contributed by atoms with van der Waals surface area (Å²) in [6, 6.07) is 16.9. The summed E-state index contributed by atoms with van der Waals surface area (Å²) in [7, 11) is 0. The van der Waals surface area contributed by atoms with Crippen molar-refractivity contribution >= 4 is 33.9 Å². The minimum absolute atomic E-state index is 0.182. The second kappa shape index (κ2) is 12.0. The fourth-order valence-corrected chi connectivity index (χ4v) is 5.22. The van der Waals surface area contributed by atoms with Gasteiger partial charge in [0.2, 0.25) is 5.95 Å². The molecule has 4 N–H and O–H groups in total. The summed E-state index contributed by atoms with van der Waals surface area (Å²) in [6.45, 7) is 0. The van der Waals surface area contributed by atoms with Gasteiger partial charge in [-0.2, -0.15) is 9.65 Å². The second-order valence-corrected chi connectivity index (χ2v) is 10.6. The molecule has 1 saturated carbocycles. The van der Waals surface area contributed by atoms with Crippen LogP contribution in [0, 0.1) is 29.6 Å². The van der Waals surface area contributed by atoms with Gasteiger partial charge in [-0.05, 0) is 48.6 Å². The molecule has 1 aliphatic heterocycles. The lowest BCUT2D eigenvalue weighted by Gasteiger charge is -2.24. The number of aromatic nitrogens is 2. The summed E-state index contributed by atoms with van der Waals surface area (Å²) in [5, 5.41) is 19.7. The van der Waals surface area contributed by atoms with Crippen LogP contribution in [-0.4, -0.2) is 21.0 Å². The van der Waals surface area contributed by atoms with E-state index in [4.69, 9.17) is 18.0 Å². The molecule has 8 nitrogen and oxygen atoms in total. The molecule has 210 valence electrons. The average molecular weight is 580 g/mol. The molecule has 0 saturated heterocycles. The van der Waals surface area contributed by atoms with Crippen LogP contribution in [0.4, 0.5) is 15.8 Å². The Balaban J connectivity index is 1.44. The third-order valence-electron chi connectivity index (χ3n) is 7.23. The highest BCUT2D eigenvalue weighted by Gasteiger charge is 2.32. The molecule has 2 atom stereocenters. The first-order valence-electron chi connectivity index (χ1n) is 14.1. The molecule has 0 unspecified atom stereocenters. The topological polar surface area (TPSA) is 101 Å². The summed E-state index contributed by atoms with van der Waals surface area (Å²) >= 11 is 6.78. The number of fused-ring (bicyclic) bond motifs is 1. The second-order valence-electron chi connectivity index (χ2n) is 10.2. The van der Waals surface area contributed by atoms with Gasteiger partial charge in [0.15, 0.2) is 0 Å². The molecule has 4 aromatic rings. The molecule has 0 radical (unpaired) electrons. The number of nitriles is 1. The summed E-state index contributed by atoms with van der Waals surface area (Å²) < 4.78 is 23.4. The van der Waals surface area contributed by atoms with Crippen molar-refractivity contribution in [3.8, 4) is 18.4 Å². The van der Waals surface area contributed by atoms with Gasteiger partial charge in [0, 0.05) is 42.1 Å². The van der Waals surface area contributed by atoms with Crippen molar-refractivity contribution in [3.63, 3.8) is 0 Å². The zero-order chi connectivity index (χ0) is 30.0. The van der Waals surface area contributed by atoms with Crippen molar-refractivity contribution in [3.05, 3.63) is 107 Å². The minimum Gasteiger partial charge on any atom is -0.377 e. The Morgan fingerprint density at radius 3 is 2.69 bits per heavy atom. The predicted molar refractivity (Wildman–Crippen MR) is 162 cm³/mol. The van der Waals surface area contributed by atoms with E-state index < -0.39 is 12.0 Å². The number of nitrogens with one attached hydrogen (secondary N) is 4. The van der Waals surface area contributed by atoms with Gasteiger partial charge in [0.1, 0.15) is 6.07 Å². The zero-order valence-corrected chi connectivity index (χ0v) is 23.3. The summed E-state index contributed by atoms with van der Waals surface area (Å²) in [6.07, 6.45) is 13.5. The van der Waals surface area contributed by atoms with Crippen LogP contribution in [0.2, 0.25) is 5.02 Å². The van der Waals surface area contributed by atoms with Crippen molar-refractivity contribution in [2.24, 2.45) is 0 Å². The van der Waals surface area contributed by atoms with Gasteiger partial charge < -0.3 is 16.1 Å². The molecule has 0 bridgehead atoms. The molecule has 42 heavy (non-hydrogen) atoms. The van der Waals surface area contributed by atoms with E-state index in [9.17, 15) is 11.0 Å². The number of terminal acetylenes is 1. The van der Waals surface area contributed by atoms with Gasteiger partial charge in [0.05, 0.1) is 40.9 Å². The van der Waals surface area contributed by atoms with Crippen LogP contribution in [0.25, 0.3) is 10.9 Å². The normalized spacial score (nSPS) is 16.8. The number of hydrogen-bond acceptors (Lipinski definition) is 8. The molecule has 3 heterocycles. The molecular formula is C32H28ClFN8. The molecule has 6 rings (SSSR count). The third kappa shape index (κ3) is 5.80. The van der Waals surface area contributed by atoms with Crippen LogP contribution in [0.15, 0.2) is 78.9 Å². The number of halogens is 2. The van der Waals surface area contributed by atoms with Gasteiger partial charge in [-0.15, -0.1) is 17.9 Å². The summed E-state index contributed by atoms with van der Waals surface area (Å²) in [5.74, 6) is 2.06. The van der Waals surface area contributed by atoms with Gasteiger partial charge in [-0.25, -0.2) is 4.98 Å². The minimum atomic E-state index is -1.61. The Labute approximate surface area is 250 Å². The first-order chi connectivity index (χ1) is 20.9. The van der Waals surface area contributed by atoms with E-state index >= 15 is 0 Å². The fraction of sp³-hybridized carbons (Fsp3) is 0.219. The summed E-state index contributed by atoms with van der Waals surface area (Å²) in [4.78, 5) is 8.28. The maximum Gasteiger partial charge on any atom is 0.212 e. The zero-order valence-electron chi connectivity index (χ0n) is 23.5. The highest BCUT2D eigenvalue weighted by atomic mass is 35.5. The molecule has 1 fully saturated rings. The van der Waals surface area contributed by atoms with Gasteiger partial charge >= 0.3 is 0 Å². The Hall–Kier alpha value is -4.83. The van der Waals surface area contributed by atoms with Gasteiger partial charge in [-0.3, -0.25) is 9.99 Å². The van der Waals surface area contributed by atoms with E-state index in [1.54, 1.807) is 6.07 Å². The molecule has 2 aromatic carbocycles. The first-order valence-corrected chi connectivity index (χ1v) is 14.0. The van der Waals surface area contributed by atoms with Crippen LogP contribution >= 0.6 is 11.6 Å². The molecule has 2 aliphatic rings. The number of pyridine rings is 2. The number of anilines is 2. The smallest absolute Gasteiger partial charge is 0.212 e. The van der Waals surface area contributed by atoms with E-state index in [1.165, 1.54) is 24.5 Å². The number of nitrogens with zero attached hydrogens (tertiary/aromatic N) is 4. The van der Waals surface area contributed by atoms with Crippen LogP contribution in [0.1, 0.15) is 55.8 Å². The van der Waals surface area contributed by atoms with E-state index in [1.807, 2.05) is 47.6 Å². The van der Waals surface area contributed by atoms with Crippen LogP contribution < -0.4 is 21.6 Å². The average Bonchev–Trinajstić information content (AvgIpc) is 3.75. The van der Waals surface area contributed by atoms with Crippen molar-refractivity contribution in [1.82, 2.24) is 25.9 Å². The van der Waals surface area contributed by atoms with Crippen molar-refractivity contribution in [2.75, 3.05) is 10.6 Å². The van der Waals surface area contributed by atoms with E-state index in [0.717, 1.165) is 18.4 Å². The van der Waals surface area contributed by atoms with Gasteiger partial charge in [-0.1, -0.05) is 48.0 Å². The maximum absolute atomic E-state index is 13.8. The number of rotatable bonds is 10. The SMILES string of the molecule is [2H][C@@](Nc1cc(Cl)c2ncc(C#N)c(N[C@H](CCC#C)c3ccccc3)c2c1)(C1=CN(C2CC2)NN1)c1ccc(F)nc1. The monoisotopic (exact) mass is 579 g/mol. The number of hydrogen-bond donors (Lipinski definition) is 4. The Kier molecular flexibility index (Phi) is 7.43. The Morgan fingerprint density at radius 1 is 1.14 bits per heavy atom. The fourth-order valence-electron chi connectivity index (χ4n) is 4.95. The van der Waals surface area contributed by atoms with Crippen molar-refractivity contribution < 1.29 is 5.76 Å². The number of benzene rings is 2. The molecule has 10 heteroatoms. The first kappa shape index (κ1) is 26.1. The molecule has 0 spiro atoms. The standard InChI is InChI=1S/C32H28ClFN8/c1-2-3-9-27(20-7-5-4-6-8-20)39-30-22(16-35)18-37-32-25(30)14-23(15-26(32)33)38-31(21-10-13-29(34)36-17-21)28-19-42(41-40-28)24-11-12-24/h1,4-8,10,13-15,17-19,24,27,31,38,40-41H,3,9,11-12H2,(H,37,39)/t27-,31+/m1/s1/i31D. The number of hydrazine groups is 2. The van der Waals surface area contributed by atoms with Crippen molar-refractivity contribution in [1.29, 1.82) is 5.26 Å². The van der Waals surface area contributed by atoms with E-state index in [2.05, 4.69) is 43.6 Å². The maximum atomic E-state index is 13.8. The molecule has 1 aliphatic carbocycles. The molecule has 0 amide bonds. The Bertz CT molecular complexity index is 1770. The third-order valence-corrected chi connectivity index (χ3v) is 7.51. The molecule has 2 aromatic heterocycles. The highest BCUT2D eigenvalue weighted by Crippen LogP contribution is 2.38. The lowest BCUT2D eigenvalue weighted by atomic mass is 10.00. The lowest BCUT2D eigenvalue weighted by Crippen LogP contribution is -2.38. The van der Waals surface area contributed by atoms with Crippen LogP contribution in [-0.2, 0) is 0 Å². The van der Waals surface area contributed by atoms with Crippen LogP contribution in [0.3, 0.4) is 0 Å². The molecular weight excluding hydrogens is 551 g/mol. The van der Waals surface area contributed by atoms with Crippen molar-refractivity contribution in [2.45, 2.75) is 43.8 Å². The quantitative estimate of drug-likeness (QED) is 0.127. The van der Waals surface area contributed by atoms with E-state index in [-0.39, 0.29) is 6.04 Å². The highest BCUT2D eigenvalue weighted by molar-refractivity contribution is 6.35. The van der Waals surface area contributed by atoms with Crippen LogP contribution in [0.5, 0.6) is 0 Å². The van der Waals surface area contributed by atoms with Gasteiger partial charge in [0.25, 0.3) is 0 Å². The van der Waals surface area contributed by atoms with E-state index in [0.29, 0.717) is 63.0 Å².